The molecular weight excluding hydrogens is 242 g/mol. The van der Waals surface area contributed by atoms with E-state index < -0.39 is 0 Å². The van der Waals surface area contributed by atoms with Crippen LogP contribution in [0.1, 0.15) is 39.0 Å². The molecule has 0 aliphatic heterocycles. The standard InChI is InChI=1S/C14H21N3O2/c1-2-15-12-9-6-10-13(14(12)17(18)19)16-11-7-4-3-5-8-11/h6,9-11,15-16H,2-5,7-8H2,1H3. The summed E-state index contributed by atoms with van der Waals surface area (Å²) in [6.07, 6.45) is 5.89. The largest absolute Gasteiger partial charge is 0.380 e. The van der Waals surface area contributed by atoms with Crippen molar-refractivity contribution in [1.82, 2.24) is 0 Å². The Kier molecular flexibility index (Phi) is 4.60. The smallest absolute Gasteiger partial charge is 0.315 e. The molecule has 0 spiro atoms. The SMILES string of the molecule is CCNc1cccc(NC2CCCCC2)c1[N+](=O)[O-]. The van der Waals surface area contributed by atoms with Gasteiger partial charge in [-0.05, 0) is 31.9 Å². The van der Waals surface area contributed by atoms with Gasteiger partial charge in [0.05, 0.1) is 4.92 Å². The van der Waals surface area contributed by atoms with E-state index in [9.17, 15) is 10.1 Å². The predicted octanol–water partition coefficient (Wildman–Crippen LogP) is 3.77. The van der Waals surface area contributed by atoms with Gasteiger partial charge in [-0.25, -0.2) is 0 Å². The minimum Gasteiger partial charge on any atom is -0.380 e. The topological polar surface area (TPSA) is 67.2 Å². The maximum absolute atomic E-state index is 11.3. The van der Waals surface area contributed by atoms with Gasteiger partial charge in [0.25, 0.3) is 0 Å². The number of hydrogen-bond donors (Lipinski definition) is 2. The second-order valence-corrected chi connectivity index (χ2v) is 4.97. The molecule has 0 saturated heterocycles. The highest BCUT2D eigenvalue weighted by atomic mass is 16.6. The van der Waals surface area contributed by atoms with Crippen molar-refractivity contribution in [3.05, 3.63) is 28.3 Å². The van der Waals surface area contributed by atoms with Crippen molar-refractivity contribution in [2.24, 2.45) is 0 Å². The van der Waals surface area contributed by atoms with Crippen LogP contribution < -0.4 is 10.6 Å². The first-order chi connectivity index (χ1) is 9.22. The van der Waals surface area contributed by atoms with Crippen molar-refractivity contribution in [3.8, 4) is 0 Å². The Morgan fingerprint density at radius 3 is 2.58 bits per heavy atom. The van der Waals surface area contributed by atoms with Crippen molar-refractivity contribution < 1.29 is 4.92 Å². The zero-order chi connectivity index (χ0) is 13.7. The third-order valence-electron chi connectivity index (χ3n) is 3.55. The van der Waals surface area contributed by atoms with Crippen LogP contribution in [0, 0.1) is 10.1 Å². The van der Waals surface area contributed by atoms with Crippen LogP contribution in [0.4, 0.5) is 17.1 Å². The van der Waals surface area contributed by atoms with Gasteiger partial charge in [0.2, 0.25) is 0 Å². The number of nitrogens with one attached hydrogen (secondary N) is 2. The zero-order valence-electron chi connectivity index (χ0n) is 11.3. The summed E-state index contributed by atoms with van der Waals surface area (Å²) in [7, 11) is 0. The summed E-state index contributed by atoms with van der Waals surface area (Å²) in [6, 6.07) is 5.78. The molecule has 19 heavy (non-hydrogen) atoms. The molecule has 5 nitrogen and oxygen atoms in total. The lowest BCUT2D eigenvalue weighted by atomic mass is 9.95. The summed E-state index contributed by atoms with van der Waals surface area (Å²) in [6.45, 7) is 2.61. The van der Waals surface area contributed by atoms with Crippen LogP contribution in [0.25, 0.3) is 0 Å². The zero-order valence-corrected chi connectivity index (χ0v) is 11.3. The normalized spacial score (nSPS) is 16.1. The molecule has 1 aliphatic rings. The maximum Gasteiger partial charge on any atom is 0.315 e. The molecule has 0 bridgehead atoms. The number of para-hydroxylation sites is 1. The fraction of sp³-hybridized carbons (Fsp3) is 0.571. The van der Waals surface area contributed by atoms with Crippen LogP contribution in [0.15, 0.2) is 18.2 Å². The number of nitro benzene ring substituents is 1. The van der Waals surface area contributed by atoms with E-state index in [4.69, 9.17) is 0 Å². The van der Waals surface area contributed by atoms with E-state index in [0.29, 0.717) is 24.0 Å². The number of rotatable bonds is 5. The molecule has 0 atom stereocenters. The Balaban J connectivity index is 2.22. The van der Waals surface area contributed by atoms with E-state index in [2.05, 4.69) is 10.6 Å². The van der Waals surface area contributed by atoms with Gasteiger partial charge in [0, 0.05) is 12.6 Å². The van der Waals surface area contributed by atoms with Crippen LogP contribution in [0.5, 0.6) is 0 Å². The molecule has 1 aromatic carbocycles. The van der Waals surface area contributed by atoms with Gasteiger partial charge in [-0.3, -0.25) is 10.1 Å². The summed E-state index contributed by atoms with van der Waals surface area (Å²) in [5.74, 6) is 0. The highest BCUT2D eigenvalue weighted by Crippen LogP contribution is 2.34. The van der Waals surface area contributed by atoms with Crippen molar-refractivity contribution in [3.63, 3.8) is 0 Å². The van der Waals surface area contributed by atoms with Crippen molar-refractivity contribution in [2.45, 2.75) is 45.1 Å². The van der Waals surface area contributed by atoms with Crippen LogP contribution in [-0.4, -0.2) is 17.5 Å². The molecule has 1 aliphatic carbocycles. The molecule has 0 aromatic heterocycles. The first-order valence-electron chi connectivity index (χ1n) is 7.00. The van der Waals surface area contributed by atoms with Crippen molar-refractivity contribution >= 4 is 17.1 Å². The number of nitro groups is 1. The van der Waals surface area contributed by atoms with Gasteiger partial charge < -0.3 is 10.6 Å². The van der Waals surface area contributed by atoms with Crippen LogP contribution >= 0.6 is 0 Å². The second kappa shape index (κ2) is 6.41. The molecule has 0 heterocycles. The van der Waals surface area contributed by atoms with E-state index >= 15 is 0 Å². The van der Waals surface area contributed by atoms with Crippen molar-refractivity contribution in [1.29, 1.82) is 0 Å². The predicted molar refractivity (Wildman–Crippen MR) is 77.8 cm³/mol. The first kappa shape index (κ1) is 13.6. The Hall–Kier alpha value is -1.78. The van der Waals surface area contributed by atoms with Crippen LogP contribution in [0.2, 0.25) is 0 Å². The number of hydrogen-bond acceptors (Lipinski definition) is 4. The number of benzene rings is 1. The first-order valence-corrected chi connectivity index (χ1v) is 7.00. The van der Waals surface area contributed by atoms with Crippen molar-refractivity contribution in [2.75, 3.05) is 17.2 Å². The molecule has 2 rings (SSSR count). The van der Waals surface area contributed by atoms with E-state index in [1.807, 2.05) is 13.0 Å². The average Bonchev–Trinajstić information content (AvgIpc) is 2.40. The lowest BCUT2D eigenvalue weighted by Gasteiger charge is -2.24. The summed E-state index contributed by atoms with van der Waals surface area (Å²) < 4.78 is 0. The average molecular weight is 263 g/mol. The van der Waals surface area contributed by atoms with E-state index in [1.54, 1.807) is 12.1 Å². The fourth-order valence-corrected chi connectivity index (χ4v) is 2.66. The molecule has 0 unspecified atom stereocenters. The van der Waals surface area contributed by atoms with Gasteiger partial charge in [0.1, 0.15) is 11.4 Å². The Morgan fingerprint density at radius 2 is 1.95 bits per heavy atom. The third-order valence-corrected chi connectivity index (χ3v) is 3.55. The van der Waals surface area contributed by atoms with Gasteiger partial charge in [0.15, 0.2) is 0 Å². The molecule has 0 amide bonds. The second-order valence-electron chi connectivity index (χ2n) is 4.97. The highest BCUT2D eigenvalue weighted by Gasteiger charge is 2.22. The molecule has 1 aromatic rings. The monoisotopic (exact) mass is 263 g/mol. The van der Waals surface area contributed by atoms with Gasteiger partial charge >= 0.3 is 5.69 Å². The van der Waals surface area contributed by atoms with Crippen LogP contribution in [-0.2, 0) is 0 Å². The quantitative estimate of drug-likeness (QED) is 0.626. The lowest BCUT2D eigenvalue weighted by molar-refractivity contribution is -0.383. The van der Waals surface area contributed by atoms with E-state index in [1.165, 1.54) is 19.3 Å². The maximum atomic E-state index is 11.3. The highest BCUT2D eigenvalue weighted by molar-refractivity contribution is 5.76. The minimum atomic E-state index is -0.302. The summed E-state index contributed by atoms with van der Waals surface area (Å²) in [4.78, 5) is 11.0. The Bertz CT molecular complexity index is 442. The third kappa shape index (κ3) is 3.36. The summed E-state index contributed by atoms with van der Waals surface area (Å²) in [5, 5.41) is 17.7. The fourth-order valence-electron chi connectivity index (χ4n) is 2.66. The molecule has 0 radical (unpaired) electrons. The molecule has 5 heteroatoms. The number of nitrogens with zero attached hydrogens (tertiary/aromatic N) is 1. The Morgan fingerprint density at radius 1 is 1.26 bits per heavy atom. The number of anilines is 2. The lowest BCUT2D eigenvalue weighted by Crippen LogP contribution is -2.22. The molecule has 1 fully saturated rings. The minimum absolute atomic E-state index is 0.162. The molecule has 1 saturated carbocycles. The summed E-state index contributed by atoms with van der Waals surface area (Å²) >= 11 is 0. The van der Waals surface area contributed by atoms with E-state index in [0.717, 1.165) is 12.8 Å². The van der Waals surface area contributed by atoms with Gasteiger partial charge in [-0.15, -0.1) is 0 Å². The van der Waals surface area contributed by atoms with E-state index in [-0.39, 0.29) is 10.6 Å². The molecule has 2 N–H and O–H groups in total. The molecular formula is C14H21N3O2. The Labute approximate surface area is 113 Å². The van der Waals surface area contributed by atoms with Gasteiger partial charge in [-0.1, -0.05) is 25.3 Å². The summed E-state index contributed by atoms with van der Waals surface area (Å²) in [5.41, 5.74) is 1.39. The van der Waals surface area contributed by atoms with Gasteiger partial charge in [-0.2, -0.15) is 0 Å². The van der Waals surface area contributed by atoms with Crippen LogP contribution in [0.3, 0.4) is 0 Å². The molecule has 104 valence electrons.